The fourth-order valence-electron chi connectivity index (χ4n) is 2.51. The number of aromatic amines is 1. The zero-order valence-electron chi connectivity index (χ0n) is 12.6. The molecule has 5 heteroatoms. The van der Waals surface area contributed by atoms with Crippen molar-refractivity contribution in [1.29, 1.82) is 0 Å². The van der Waals surface area contributed by atoms with Crippen LogP contribution in [0, 0.1) is 20.8 Å². The molecular weight excluding hydrogens is 264 g/mol. The van der Waals surface area contributed by atoms with Gasteiger partial charge in [-0.05, 0) is 50.1 Å². The minimum atomic E-state index is 0.733. The molecule has 21 heavy (non-hydrogen) atoms. The van der Waals surface area contributed by atoms with Crippen molar-refractivity contribution in [2.45, 2.75) is 20.8 Å². The molecular formula is C16H18N4O. The second-order valence-electron chi connectivity index (χ2n) is 5.12. The van der Waals surface area contributed by atoms with Crippen LogP contribution in [0.2, 0.25) is 0 Å². The molecule has 3 aromatic rings. The standard InChI is InChI=1S/C16H18N4O/c1-9-7-12(21-4)8-10(2)14(9)20-16-13-5-6-17-15(13)18-11(3)19-16/h5-8H,1-4H3,(H2,17,18,19,20). The molecule has 0 aliphatic heterocycles. The Hall–Kier alpha value is -2.56. The van der Waals surface area contributed by atoms with Gasteiger partial charge in [0, 0.05) is 11.9 Å². The molecule has 0 unspecified atom stereocenters. The van der Waals surface area contributed by atoms with E-state index in [2.05, 4.69) is 34.1 Å². The molecule has 0 spiro atoms. The SMILES string of the molecule is COc1cc(C)c(Nc2nc(C)nc3[nH]ccc23)c(C)c1. The Morgan fingerprint density at radius 2 is 1.81 bits per heavy atom. The van der Waals surface area contributed by atoms with Gasteiger partial charge in [0.2, 0.25) is 0 Å². The molecule has 3 rings (SSSR count). The van der Waals surface area contributed by atoms with Gasteiger partial charge in [-0.1, -0.05) is 0 Å². The minimum Gasteiger partial charge on any atom is -0.497 e. The maximum Gasteiger partial charge on any atom is 0.143 e. The van der Waals surface area contributed by atoms with Crippen molar-refractivity contribution < 1.29 is 4.74 Å². The first-order valence-electron chi connectivity index (χ1n) is 6.82. The van der Waals surface area contributed by atoms with Crippen molar-refractivity contribution in [2.24, 2.45) is 0 Å². The second kappa shape index (κ2) is 5.09. The van der Waals surface area contributed by atoms with Crippen LogP contribution in [-0.2, 0) is 0 Å². The molecule has 0 atom stereocenters. The average molecular weight is 282 g/mol. The summed E-state index contributed by atoms with van der Waals surface area (Å²) in [6.07, 6.45) is 1.87. The fraction of sp³-hybridized carbons (Fsp3) is 0.250. The highest BCUT2D eigenvalue weighted by atomic mass is 16.5. The summed E-state index contributed by atoms with van der Waals surface area (Å²) in [5.74, 6) is 2.41. The zero-order chi connectivity index (χ0) is 15.0. The van der Waals surface area contributed by atoms with Gasteiger partial charge >= 0.3 is 0 Å². The Labute approximate surface area is 123 Å². The van der Waals surface area contributed by atoms with E-state index in [0.29, 0.717) is 0 Å². The van der Waals surface area contributed by atoms with Gasteiger partial charge in [0.1, 0.15) is 23.0 Å². The number of aryl methyl sites for hydroxylation is 3. The van der Waals surface area contributed by atoms with Crippen molar-refractivity contribution in [2.75, 3.05) is 12.4 Å². The molecule has 0 aliphatic rings. The van der Waals surface area contributed by atoms with Crippen LogP contribution in [0.15, 0.2) is 24.4 Å². The third kappa shape index (κ3) is 2.42. The second-order valence-corrected chi connectivity index (χ2v) is 5.12. The third-order valence-electron chi connectivity index (χ3n) is 3.51. The topological polar surface area (TPSA) is 62.8 Å². The molecule has 0 fully saturated rings. The van der Waals surface area contributed by atoms with Gasteiger partial charge in [-0.25, -0.2) is 9.97 Å². The summed E-state index contributed by atoms with van der Waals surface area (Å²) >= 11 is 0. The van der Waals surface area contributed by atoms with Crippen LogP contribution in [0.5, 0.6) is 5.75 Å². The fourth-order valence-corrected chi connectivity index (χ4v) is 2.51. The van der Waals surface area contributed by atoms with Crippen molar-refractivity contribution in [3.8, 4) is 5.75 Å². The van der Waals surface area contributed by atoms with Gasteiger partial charge in [0.25, 0.3) is 0 Å². The largest absolute Gasteiger partial charge is 0.497 e. The highest BCUT2D eigenvalue weighted by Gasteiger charge is 2.11. The Morgan fingerprint density at radius 3 is 2.48 bits per heavy atom. The summed E-state index contributed by atoms with van der Waals surface area (Å²) in [4.78, 5) is 12.0. The van der Waals surface area contributed by atoms with Crippen molar-refractivity contribution in [3.63, 3.8) is 0 Å². The molecule has 5 nitrogen and oxygen atoms in total. The number of nitrogens with one attached hydrogen (secondary N) is 2. The lowest BCUT2D eigenvalue weighted by Gasteiger charge is -2.14. The summed E-state index contributed by atoms with van der Waals surface area (Å²) < 4.78 is 5.30. The van der Waals surface area contributed by atoms with Crippen LogP contribution < -0.4 is 10.1 Å². The van der Waals surface area contributed by atoms with Gasteiger partial charge in [-0.3, -0.25) is 0 Å². The molecule has 2 N–H and O–H groups in total. The van der Waals surface area contributed by atoms with Crippen LogP contribution in [0.1, 0.15) is 17.0 Å². The van der Waals surface area contributed by atoms with E-state index in [-0.39, 0.29) is 0 Å². The van der Waals surface area contributed by atoms with Crippen LogP contribution in [0.3, 0.4) is 0 Å². The maximum absolute atomic E-state index is 5.30. The number of hydrogen-bond acceptors (Lipinski definition) is 4. The Bertz CT molecular complexity index is 784. The number of ether oxygens (including phenoxy) is 1. The quantitative estimate of drug-likeness (QED) is 0.770. The van der Waals surface area contributed by atoms with Crippen molar-refractivity contribution in [1.82, 2.24) is 15.0 Å². The van der Waals surface area contributed by atoms with Crippen LogP contribution in [0.4, 0.5) is 11.5 Å². The molecule has 0 radical (unpaired) electrons. The number of rotatable bonds is 3. The molecule has 0 amide bonds. The predicted octanol–water partition coefficient (Wildman–Crippen LogP) is 3.64. The van der Waals surface area contributed by atoms with Crippen molar-refractivity contribution in [3.05, 3.63) is 41.3 Å². The van der Waals surface area contributed by atoms with Crippen LogP contribution in [-0.4, -0.2) is 22.1 Å². The summed E-state index contributed by atoms with van der Waals surface area (Å²) in [5.41, 5.74) is 4.13. The van der Waals surface area contributed by atoms with Crippen molar-refractivity contribution >= 4 is 22.5 Å². The highest BCUT2D eigenvalue weighted by molar-refractivity contribution is 5.89. The summed E-state index contributed by atoms with van der Waals surface area (Å²) in [6.45, 7) is 6.00. The lowest BCUT2D eigenvalue weighted by molar-refractivity contribution is 0.414. The smallest absolute Gasteiger partial charge is 0.143 e. The molecule has 0 saturated heterocycles. The molecule has 2 aromatic heterocycles. The van der Waals surface area contributed by atoms with Crippen LogP contribution >= 0.6 is 0 Å². The molecule has 108 valence electrons. The number of fused-ring (bicyclic) bond motifs is 1. The van der Waals surface area contributed by atoms with E-state index >= 15 is 0 Å². The Balaban J connectivity index is 2.08. The first-order valence-corrected chi connectivity index (χ1v) is 6.82. The summed E-state index contributed by atoms with van der Waals surface area (Å²) in [6, 6.07) is 6.00. The van der Waals surface area contributed by atoms with E-state index in [9.17, 15) is 0 Å². The molecule has 0 saturated carbocycles. The minimum absolute atomic E-state index is 0.733. The number of benzene rings is 1. The van der Waals surface area contributed by atoms with E-state index < -0.39 is 0 Å². The number of nitrogens with zero attached hydrogens (tertiary/aromatic N) is 2. The molecule has 0 bridgehead atoms. The first-order chi connectivity index (χ1) is 10.1. The predicted molar refractivity (Wildman–Crippen MR) is 84.4 cm³/mol. The molecule has 0 aliphatic carbocycles. The first kappa shape index (κ1) is 13.4. The van der Waals surface area contributed by atoms with Gasteiger partial charge in [-0.2, -0.15) is 0 Å². The number of hydrogen-bond donors (Lipinski definition) is 2. The monoisotopic (exact) mass is 282 g/mol. The van der Waals surface area contributed by atoms with Gasteiger partial charge in [0.05, 0.1) is 12.5 Å². The summed E-state index contributed by atoms with van der Waals surface area (Å²) in [5, 5.41) is 4.42. The lowest BCUT2D eigenvalue weighted by atomic mass is 10.1. The normalized spacial score (nSPS) is 10.9. The maximum atomic E-state index is 5.30. The van der Waals surface area contributed by atoms with Gasteiger partial charge in [0.15, 0.2) is 0 Å². The number of methoxy groups -OCH3 is 1. The van der Waals surface area contributed by atoms with Gasteiger partial charge in [-0.15, -0.1) is 0 Å². The Morgan fingerprint density at radius 1 is 1.10 bits per heavy atom. The summed E-state index contributed by atoms with van der Waals surface area (Å²) in [7, 11) is 1.68. The molecule has 2 heterocycles. The number of H-pyrrole nitrogens is 1. The lowest BCUT2D eigenvalue weighted by Crippen LogP contribution is -2.01. The number of anilines is 2. The third-order valence-corrected chi connectivity index (χ3v) is 3.51. The highest BCUT2D eigenvalue weighted by Crippen LogP contribution is 2.30. The van der Waals surface area contributed by atoms with E-state index in [4.69, 9.17) is 4.74 Å². The number of aromatic nitrogens is 3. The van der Waals surface area contributed by atoms with E-state index in [1.165, 1.54) is 0 Å². The van der Waals surface area contributed by atoms with E-state index in [1.807, 2.05) is 31.3 Å². The Kier molecular flexibility index (Phi) is 3.25. The average Bonchev–Trinajstić information content (AvgIpc) is 2.90. The van der Waals surface area contributed by atoms with E-state index in [0.717, 1.165) is 45.2 Å². The van der Waals surface area contributed by atoms with Gasteiger partial charge < -0.3 is 15.0 Å². The zero-order valence-corrected chi connectivity index (χ0v) is 12.6. The molecule has 1 aromatic carbocycles. The van der Waals surface area contributed by atoms with Crippen LogP contribution in [0.25, 0.3) is 11.0 Å². The van der Waals surface area contributed by atoms with E-state index in [1.54, 1.807) is 7.11 Å².